The molecule has 0 aliphatic heterocycles. The monoisotopic (exact) mass is 220 g/mol. The first-order valence-electron chi connectivity index (χ1n) is 4.67. The third-order valence-corrected chi connectivity index (χ3v) is 3.51. The number of benzene rings is 2. The number of sulfone groups is 1. The topological polar surface area (TPSA) is 34.1 Å². The molecule has 0 aliphatic carbocycles. The fraction of sp³-hybridized carbons (Fsp3) is 0.167. The predicted octanol–water partition coefficient (Wildman–Crippen LogP) is 2.55. The van der Waals surface area contributed by atoms with Crippen LogP contribution in [0.2, 0.25) is 0 Å². The van der Waals surface area contributed by atoms with Crippen LogP contribution in [0.3, 0.4) is 0 Å². The lowest BCUT2D eigenvalue weighted by Gasteiger charge is -2.02. The molecule has 0 saturated carbocycles. The lowest BCUT2D eigenvalue weighted by atomic mass is 10.1. The van der Waals surface area contributed by atoms with Crippen molar-refractivity contribution in [3.05, 3.63) is 42.0 Å². The highest BCUT2D eigenvalue weighted by Gasteiger charge is 2.06. The van der Waals surface area contributed by atoms with E-state index in [2.05, 4.69) is 0 Å². The Bertz CT molecular complexity index is 613. The first kappa shape index (κ1) is 10.2. The second kappa shape index (κ2) is 3.35. The largest absolute Gasteiger partial charge is 0.224 e. The van der Waals surface area contributed by atoms with Crippen molar-refractivity contribution >= 4 is 20.6 Å². The Hall–Kier alpha value is -1.35. The van der Waals surface area contributed by atoms with E-state index >= 15 is 0 Å². The highest BCUT2D eigenvalue weighted by atomic mass is 32.2. The molecular formula is C12H12O2S. The molecule has 2 rings (SSSR count). The molecule has 0 radical (unpaired) electrons. The molecule has 0 saturated heterocycles. The average Bonchev–Trinajstić information content (AvgIpc) is 2.15. The van der Waals surface area contributed by atoms with Gasteiger partial charge >= 0.3 is 0 Å². The van der Waals surface area contributed by atoms with Crippen LogP contribution in [0.1, 0.15) is 5.56 Å². The van der Waals surface area contributed by atoms with Crippen LogP contribution in [0.15, 0.2) is 41.3 Å². The van der Waals surface area contributed by atoms with Gasteiger partial charge in [-0.3, -0.25) is 0 Å². The predicted molar refractivity (Wildman–Crippen MR) is 61.8 cm³/mol. The molecule has 0 atom stereocenters. The summed E-state index contributed by atoms with van der Waals surface area (Å²) in [6, 6.07) is 11.2. The summed E-state index contributed by atoms with van der Waals surface area (Å²) < 4.78 is 22.7. The normalized spacial score (nSPS) is 11.9. The van der Waals surface area contributed by atoms with Gasteiger partial charge in [-0.2, -0.15) is 0 Å². The van der Waals surface area contributed by atoms with Crippen LogP contribution in [0, 0.1) is 6.92 Å². The summed E-state index contributed by atoms with van der Waals surface area (Å²) in [7, 11) is -3.11. The fourth-order valence-electron chi connectivity index (χ4n) is 1.57. The molecular weight excluding hydrogens is 208 g/mol. The fourth-order valence-corrected chi connectivity index (χ4v) is 2.23. The maximum absolute atomic E-state index is 11.4. The van der Waals surface area contributed by atoms with Crippen molar-refractivity contribution in [2.24, 2.45) is 0 Å². The molecule has 0 unspecified atom stereocenters. The lowest BCUT2D eigenvalue weighted by molar-refractivity contribution is 0.602. The van der Waals surface area contributed by atoms with Crippen LogP contribution < -0.4 is 0 Å². The Morgan fingerprint density at radius 1 is 0.933 bits per heavy atom. The van der Waals surface area contributed by atoms with Crippen LogP contribution in [-0.2, 0) is 9.84 Å². The van der Waals surface area contributed by atoms with E-state index in [1.807, 2.05) is 31.2 Å². The highest BCUT2D eigenvalue weighted by Crippen LogP contribution is 2.20. The molecule has 0 N–H and O–H groups in total. The molecule has 78 valence electrons. The molecule has 0 bridgehead atoms. The van der Waals surface area contributed by atoms with E-state index in [1.54, 1.807) is 12.1 Å². The van der Waals surface area contributed by atoms with Crippen LogP contribution in [0.25, 0.3) is 10.8 Å². The van der Waals surface area contributed by atoms with Crippen LogP contribution in [-0.4, -0.2) is 14.7 Å². The zero-order chi connectivity index (χ0) is 11.1. The Morgan fingerprint density at radius 3 is 2.27 bits per heavy atom. The van der Waals surface area contributed by atoms with Gasteiger partial charge < -0.3 is 0 Å². The third-order valence-electron chi connectivity index (χ3n) is 2.40. The average molecular weight is 220 g/mol. The standard InChI is InChI=1S/C12H12O2S/c1-9-3-4-10-5-6-12(15(2,13)14)8-11(10)7-9/h3-8H,1-2H3. The summed E-state index contributed by atoms with van der Waals surface area (Å²) in [6.45, 7) is 1.99. The SMILES string of the molecule is Cc1ccc2ccc(S(C)(=O)=O)cc2c1. The Morgan fingerprint density at radius 2 is 1.60 bits per heavy atom. The van der Waals surface area contributed by atoms with Gasteiger partial charge in [-0.25, -0.2) is 8.42 Å². The zero-order valence-corrected chi connectivity index (χ0v) is 9.51. The molecule has 2 aromatic rings. The van der Waals surface area contributed by atoms with Gasteiger partial charge in [-0.15, -0.1) is 0 Å². The van der Waals surface area contributed by atoms with Gasteiger partial charge in [-0.1, -0.05) is 29.8 Å². The summed E-state index contributed by atoms with van der Waals surface area (Å²) in [4.78, 5) is 0.376. The second-order valence-corrected chi connectivity index (χ2v) is 5.80. The molecule has 15 heavy (non-hydrogen) atoms. The van der Waals surface area contributed by atoms with Crippen LogP contribution in [0.4, 0.5) is 0 Å². The van der Waals surface area contributed by atoms with Gasteiger partial charge in [0, 0.05) is 6.26 Å². The van der Waals surface area contributed by atoms with Gasteiger partial charge in [0.05, 0.1) is 4.90 Å². The van der Waals surface area contributed by atoms with Gasteiger partial charge in [0.25, 0.3) is 0 Å². The van der Waals surface area contributed by atoms with Crippen molar-refractivity contribution in [2.75, 3.05) is 6.26 Å². The smallest absolute Gasteiger partial charge is 0.175 e. The Balaban J connectivity index is 2.75. The quantitative estimate of drug-likeness (QED) is 0.740. The molecule has 0 heterocycles. The minimum Gasteiger partial charge on any atom is -0.224 e. The number of hydrogen-bond acceptors (Lipinski definition) is 2. The summed E-state index contributed by atoms with van der Waals surface area (Å²) >= 11 is 0. The van der Waals surface area contributed by atoms with Crippen LogP contribution >= 0.6 is 0 Å². The summed E-state index contributed by atoms with van der Waals surface area (Å²) in [5.41, 5.74) is 1.13. The number of hydrogen-bond donors (Lipinski definition) is 0. The highest BCUT2D eigenvalue weighted by molar-refractivity contribution is 7.90. The van der Waals surface area contributed by atoms with E-state index in [1.165, 1.54) is 6.26 Å². The molecule has 0 fully saturated rings. The molecule has 2 aromatic carbocycles. The third kappa shape index (κ3) is 2.02. The first-order valence-corrected chi connectivity index (χ1v) is 6.56. The Labute approximate surface area is 89.5 Å². The van der Waals surface area contributed by atoms with Gasteiger partial charge in [0.2, 0.25) is 0 Å². The van der Waals surface area contributed by atoms with E-state index in [0.29, 0.717) is 4.90 Å². The van der Waals surface area contributed by atoms with Gasteiger partial charge in [0.1, 0.15) is 0 Å². The molecule has 3 heteroatoms. The molecule has 2 nitrogen and oxygen atoms in total. The molecule has 0 amide bonds. The van der Waals surface area contributed by atoms with Crippen molar-refractivity contribution in [3.8, 4) is 0 Å². The minimum absolute atomic E-state index is 0.376. The second-order valence-electron chi connectivity index (χ2n) is 3.78. The van der Waals surface area contributed by atoms with Crippen molar-refractivity contribution in [2.45, 2.75) is 11.8 Å². The van der Waals surface area contributed by atoms with E-state index in [0.717, 1.165) is 16.3 Å². The minimum atomic E-state index is -3.11. The number of fused-ring (bicyclic) bond motifs is 1. The number of aryl methyl sites for hydroxylation is 1. The molecule has 0 spiro atoms. The van der Waals surface area contributed by atoms with Gasteiger partial charge in [0.15, 0.2) is 9.84 Å². The molecule has 0 aromatic heterocycles. The van der Waals surface area contributed by atoms with E-state index < -0.39 is 9.84 Å². The maximum atomic E-state index is 11.4. The summed E-state index contributed by atoms with van der Waals surface area (Å²) in [5.74, 6) is 0. The van der Waals surface area contributed by atoms with E-state index in [9.17, 15) is 8.42 Å². The Kier molecular flexibility index (Phi) is 2.27. The molecule has 0 aliphatic rings. The lowest BCUT2D eigenvalue weighted by Crippen LogP contribution is -1.96. The van der Waals surface area contributed by atoms with E-state index in [-0.39, 0.29) is 0 Å². The van der Waals surface area contributed by atoms with Crippen molar-refractivity contribution in [1.29, 1.82) is 0 Å². The maximum Gasteiger partial charge on any atom is 0.175 e. The summed E-state index contributed by atoms with van der Waals surface area (Å²) in [5, 5.41) is 2.03. The number of rotatable bonds is 1. The first-order chi connectivity index (χ1) is 6.97. The van der Waals surface area contributed by atoms with Crippen molar-refractivity contribution < 1.29 is 8.42 Å². The van der Waals surface area contributed by atoms with Crippen molar-refractivity contribution in [1.82, 2.24) is 0 Å². The van der Waals surface area contributed by atoms with Crippen molar-refractivity contribution in [3.63, 3.8) is 0 Å². The van der Waals surface area contributed by atoms with E-state index in [4.69, 9.17) is 0 Å². The van der Waals surface area contributed by atoms with Gasteiger partial charge in [-0.05, 0) is 29.8 Å². The summed E-state index contributed by atoms with van der Waals surface area (Å²) in [6.07, 6.45) is 1.23. The van der Waals surface area contributed by atoms with Crippen LogP contribution in [0.5, 0.6) is 0 Å². The zero-order valence-electron chi connectivity index (χ0n) is 8.69.